The van der Waals surface area contributed by atoms with Crippen molar-refractivity contribution >= 4 is 5.91 Å². The van der Waals surface area contributed by atoms with Crippen LogP contribution in [0.4, 0.5) is 0 Å². The largest absolute Gasteiger partial charge is 0.497 e. The molecule has 0 radical (unpaired) electrons. The number of methoxy groups -OCH3 is 2. The first-order valence-corrected chi connectivity index (χ1v) is 6.54. The van der Waals surface area contributed by atoms with Gasteiger partial charge >= 0.3 is 0 Å². The molecule has 1 heterocycles. The molecule has 2 rings (SSSR count). The lowest BCUT2D eigenvalue weighted by molar-refractivity contribution is -0.117. The zero-order valence-corrected chi connectivity index (χ0v) is 12.1. The van der Waals surface area contributed by atoms with Crippen molar-refractivity contribution in [1.29, 1.82) is 0 Å². The van der Waals surface area contributed by atoms with Crippen molar-refractivity contribution in [1.82, 2.24) is 10.6 Å². The van der Waals surface area contributed by atoms with Gasteiger partial charge in [-0.15, -0.1) is 0 Å². The summed E-state index contributed by atoms with van der Waals surface area (Å²) in [5, 5.41) is 6.04. The average molecular weight is 276 g/mol. The van der Waals surface area contributed by atoms with Crippen molar-refractivity contribution < 1.29 is 14.3 Å². The molecule has 0 atom stereocenters. The topological polar surface area (TPSA) is 59.6 Å². The zero-order valence-electron chi connectivity index (χ0n) is 12.1. The highest BCUT2D eigenvalue weighted by atomic mass is 16.5. The maximum absolute atomic E-state index is 12.0. The van der Waals surface area contributed by atoms with Crippen molar-refractivity contribution in [3.05, 3.63) is 34.9 Å². The Morgan fingerprint density at radius 3 is 2.60 bits per heavy atom. The van der Waals surface area contributed by atoms with Crippen LogP contribution in [0.5, 0.6) is 11.5 Å². The van der Waals surface area contributed by atoms with Crippen LogP contribution in [0, 0.1) is 0 Å². The summed E-state index contributed by atoms with van der Waals surface area (Å²) < 4.78 is 10.5. The van der Waals surface area contributed by atoms with Gasteiger partial charge in [0.25, 0.3) is 0 Å². The lowest BCUT2D eigenvalue weighted by Gasteiger charge is -2.21. The Bertz CT molecular complexity index is 532. The molecule has 1 aromatic carbocycles. The van der Waals surface area contributed by atoms with E-state index in [0.29, 0.717) is 12.3 Å². The van der Waals surface area contributed by atoms with Gasteiger partial charge in [-0.05, 0) is 24.6 Å². The summed E-state index contributed by atoms with van der Waals surface area (Å²) in [5.74, 6) is 1.41. The summed E-state index contributed by atoms with van der Waals surface area (Å²) in [6.45, 7) is 3.91. The Kier molecular flexibility index (Phi) is 4.63. The molecule has 1 saturated heterocycles. The fourth-order valence-electron chi connectivity index (χ4n) is 1.98. The minimum atomic E-state index is -0.0284. The summed E-state index contributed by atoms with van der Waals surface area (Å²) in [7, 11) is 3.21. The summed E-state index contributed by atoms with van der Waals surface area (Å²) in [5.41, 5.74) is 2.90. The highest BCUT2D eigenvalue weighted by Gasteiger charge is 2.16. The zero-order chi connectivity index (χ0) is 14.5. The van der Waals surface area contributed by atoms with Gasteiger partial charge in [-0.1, -0.05) is 0 Å². The van der Waals surface area contributed by atoms with Crippen molar-refractivity contribution in [3.63, 3.8) is 0 Å². The van der Waals surface area contributed by atoms with Crippen LogP contribution in [-0.2, 0) is 11.3 Å². The number of amides is 1. The first kappa shape index (κ1) is 14.4. The molecule has 1 aliphatic rings. The first-order chi connectivity index (χ1) is 9.65. The second-order valence-corrected chi connectivity index (χ2v) is 4.69. The second kappa shape index (κ2) is 6.43. The number of benzene rings is 1. The fourth-order valence-corrected chi connectivity index (χ4v) is 1.98. The molecule has 0 aromatic heterocycles. The van der Waals surface area contributed by atoms with Gasteiger partial charge in [-0.3, -0.25) is 4.79 Å². The van der Waals surface area contributed by atoms with Gasteiger partial charge in [0.1, 0.15) is 11.5 Å². The molecule has 1 aromatic rings. The highest BCUT2D eigenvalue weighted by Crippen LogP contribution is 2.24. The molecular weight excluding hydrogens is 256 g/mol. The van der Waals surface area contributed by atoms with Gasteiger partial charge in [-0.25, -0.2) is 0 Å². The van der Waals surface area contributed by atoms with Crippen LogP contribution in [0.15, 0.2) is 29.3 Å². The Balaban J connectivity index is 2.01. The monoisotopic (exact) mass is 276 g/mol. The molecule has 0 bridgehead atoms. The van der Waals surface area contributed by atoms with Crippen LogP contribution < -0.4 is 20.1 Å². The third-order valence-electron chi connectivity index (χ3n) is 3.48. The Labute approximate surface area is 119 Å². The van der Waals surface area contributed by atoms with E-state index in [1.807, 2.05) is 25.1 Å². The average Bonchev–Trinajstić information content (AvgIpc) is 2.42. The Hall–Kier alpha value is -2.01. The van der Waals surface area contributed by atoms with E-state index >= 15 is 0 Å². The second-order valence-electron chi connectivity index (χ2n) is 4.69. The van der Waals surface area contributed by atoms with Crippen LogP contribution in [0.1, 0.15) is 12.5 Å². The summed E-state index contributed by atoms with van der Waals surface area (Å²) in [4.78, 5) is 12.0. The number of carbonyl (C=O) groups is 1. The molecule has 1 fully saturated rings. The summed E-state index contributed by atoms with van der Waals surface area (Å²) in [6.07, 6.45) is 0. The maximum Gasteiger partial charge on any atom is 0.247 e. The minimum Gasteiger partial charge on any atom is -0.497 e. The Morgan fingerprint density at radius 1 is 1.30 bits per heavy atom. The molecule has 0 spiro atoms. The predicted octanol–water partition coefficient (Wildman–Crippen LogP) is 1.24. The maximum atomic E-state index is 12.0. The van der Waals surface area contributed by atoms with E-state index in [-0.39, 0.29) is 5.91 Å². The van der Waals surface area contributed by atoms with E-state index in [9.17, 15) is 4.79 Å². The van der Waals surface area contributed by atoms with Crippen LogP contribution in [-0.4, -0.2) is 33.2 Å². The Morgan fingerprint density at radius 2 is 2.05 bits per heavy atom. The van der Waals surface area contributed by atoms with E-state index < -0.39 is 0 Å². The molecular formula is C15H20N2O3. The number of ether oxygens (including phenoxy) is 2. The SMILES string of the molecule is COc1ccc(CNC(=O)C(C)=C2CNC2)c(OC)c1. The number of hydrogen-bond acceptors (Lipinski definition) is 4. The quantitative estimate of drug-likeness (QED) is 0.794. The number of hydrogen-bond donors (Lipinski definition) is 2. The van der Waals surface area contributed by atoms with Crippen LogP contribution >= 0.6 is 0 Å². The van der Waals surface area contributed by atoms with E-state index in [0.717, 1.165) is 30.0 Å². The van der Waals surface area contributed by atoms with Gasteiger partial charge in [0.2, 0.25) is 5.91 Å². The minimum absolute atomic E-state index is 0.0284. The normalized spacial score (nSPS) is 13.4. The van der Waals surface area contributed by atoms with Crippen LogP contribution in [0.3, 0.4) is 0 Å². The molecule has 2 N–H and O–H groups in total. The van der Waals surface area contributed by atoms with Crippen LogP contribution in [0.2, 0.25) is 0 Å². The van der Waals surface area contributed by atoms with E-state index in [1.165, 1.54) is 5.57 Å². The van der Waals surface area contributed by atoms with E-state index in [1.54, 1.807) is 14.2 Å². The van der Waals surface area contributed by atoms with E-state index in [4.69, 9.17) is 9.47 Å². The van der Waals surface area contributed by atoms with Crippen molar-refractivity contribution in [2.75, 3.05) is 27.3 Å². The van der Waals surface area contributed by atoms with E-state index in [2.05, 4.69) is 10.6 Å². The number of nitrogens with one attached hydrogen (secondary N) is 2. The van der Waals surface area contributed by atoms with Crippen LogP contribution in [0.25, 0.3) is 0 Å². The number of carbonyl (C=O) groups excluding carboxylic acids is 1. The first-order valence-electron chi connectivity index (χ1n) is 6.54. The highest BCUT2D eigenvalue weighted by molar-refractivity contribution is 5.93. The molecule has 0 saturated carbocycles. The molecule has 5 heteroatoms. The molecule has 1 aliphatic heterocycles. The van der Waals surface area contributed by atoms with Gasteiger partial charge in [0.15, 0.2) is 0 Å². The molecule has 108 valence electrons. The third-order valence-corrected chi connectivity index (χ3v) is 3.48. The number of rotatable bonds is 5. The lowest BCUT2D eigenvalue weighted by Crippen LogP contribution is -2.37. The molecule has 0 aliphatic carbocycles. The lowest BCUT2D eigenvalue weighted by atomic mass is 10.0. The van der Waals surface area contributed by atoms with Gasteiger partial charge in [-0.2, -0.15) is 0 Å². The molecule has 20 heavy (non-hydrogen) atoms. The summed E-state index contributed by atoms with van der Waals surface area (Å²) >= 11 is 0. The third kappa shape index (κ3) is 3.11. The van der Waals surface area contributed by atoms with Crippen molar-refractivity contribution in [2.24, 2.45) is 0 Å². The fraction of sp³-hybridized carbons (Fsp3) is 0.400. The molecule has 1 amide bonds. The van der Waals surface area contributed by atoms with Gasteiger partial charge in [0.05, 0.1) is 14.2 Å². The standard InChI is InChI=1S/C15H20N2O3/c1-10(12-7-16-8-12)15(18)17-9-11-4-5-13(19-2)6-14(11)20-3/h4-6,16H,7-9H2,1-3H3,(H,17,18). The van der Waals surface area contributed by atoms with Gasteiger partial charge in [0, 0.05) is 36.8 Å². The molecule has 5 nitrogen and oxygen atoms in total. The van der Waals surface area contributed by atoms with Crippen molar-refractivity contribution in [2.45, 2.75) is 13.5 Å². The molecule has 0 unspecified atom stereocenters. The van der Waals surface area contributed by atoms with Crippen molar-refractivity contribution in [3.8, 4) is 11.5 Å². The predicted molar refractivity (Wildman–Crippen MR) is 77.0 cm³/mol. The summed E-state index contributed by atoms with van der Waals surface area (Å²) in [6, 6.07) is 5.55. The smallest absolute Gasteiger partial charge is 0.247 e. The van der Waals surface area contributed by atoms with Gasteiger partial charge < -0.3 is 20.1 Å².